The maximum absolute atomic E-state index is 12.1. The van der Waals surface area contributed by atoms with Gasteiger partial charge in [0.25, 0.3) is 0 Å². The highest BCUT2D eigenvalue weighted by Crippen LogP contribution is 2.44. The monoisotopic (exact) mass is 308 g/mol. The second-order valence-corrected chi connectivity index (χ2v) is 6.53. The average Bonchev–Trinajstić information content (AvgIpc) is 3.30. The van der Waals surface area contributed by atoms with Crippen molar-refractivity contribution in [3.8, 4) is 11.5 Å². The van der Waals surface area contributed by atoms with Crippen molar-refractivity contribution < 1.29 is 9.21 Å². The lowest BCUT2D eigenvalue weighted by atomic mass is 9.90. The number of oxazole rings is 1. The third-order valence-corrected chi connectivity index (χ3v) is 4.90. The van der Waals surface area contributed by atoms with Crippen LogP contribution in [0.25, 0.3) is 11.5 Å². The molecule has 1 aromatic carbocycles. The van der Waals surface area contributed by atoms with Gasteiger partial charge in [0, 0.05) is 12.0 Å². The minimum atomic E-state index is 0.111. The predicted octanol–water partition coefficient (Wildman–Crippen LogP) is 3.56. The van der Waals surface area contributed by atoms with Gasteiger partial charge in [0.05, 0.1) is 12.2 Å². The van der Waals surface area contributed by atoms with Crippen LogP contribution in [0.4, 0.5) is 0 Å². The second kappa shape index (κ2) is 6.03. The number of aromatic nitrogens is 1. The molecule has 1 aromatic heterocycles. The molecule has 0 spiro atoms. The molecule has 1 fully saturated rings. The van der Waals surface area contributed by atoms with Gasteiger partial charge < -0.3 is 9.73 Å². The third-order valence-electron chi connectivity index (χ3n) is 4.90. The Balaban J connectivity index is 1.30. The Hall–Kier alpha value is -2.36. The number of carbonyl (C=O) groups is 1. The van der Waals surface area contributed by atoms with Gasteiger partial charge >= 0.3 is 0 Å². The van der Waals surface area contributed by atoms with Gasteiger partial charge in [-0.1, -0.05) is 30.4 Å². The Labute approximate surface area is 135 Å². The number of carbonyl (C=O) groups excluding carboxylic acids is 1. The van der Waals surface area contributed by atoms with Gasteiger partial charge in [0.15, 0.2) is 0 Å². The van der Waals surface area contributed by atoms with Gasteiger partial charge in [0.1, 0.15) is 6.26 Å². The van der Waals surface area contributed by atoms with Gasteiger partial charge in [-0.3, -0.25) is 4.79 Å². The van der Waals surface area contributed by atoms with Crippen molar-refractivity contribution in [2.75, 3.05) is 0 Å². The fraction of sp³-hybridized carbons (Fsp3) is 0.368. The lowest BCUT2D eigenvalue weighted by Gasteiger charge is -2.17. The van der Waals surface area contributed by atoms with Crippen LogP contribution in [-0.2, 0) is 11.3 Å². The summed E-state index contributed by atoms with van der Waals surface area (Å²) in [7, 11) is 0. The van der Waals surface area contributed by atoms with E-state index in [0.717, 1.165) is 17.7 Å². The number of rotatable bonds is 5. The van der Waals surface area contributed by atoms with E-state index in [1.54, 1.807) is 6.26 Å². The molecular weight excluding hydrogens is 288 g/mol. The zero-order valence-corrected chi connectivity index (χ0v) is 12.9. The molecular formula is C19H20N2O2. The van der Waals surface area contributed by atoms with Crippen LogP contribution in [-0.4, -0.2) is 10.9 Å². The summed E-state index contributed by atoms with van der Waals surface area (Å²) in [6.45, 7) is 0.422. The molecule has 4 heteroatoms. The molecule has 0 saturated heterocycles. The maximum atomic E-state index is 12.1. The summed E-state index contributed by atoms with van der Waals surface area (Å²) in [6, 6.07) is 9.77. The van der Waals surface area contributed by atoms with E-state index in [1.165, 1.54) is 6.42 Å². The maximum Gasteiger partial charge on any atom is 0.226 e. The van der Waals surface area contributed by atoms with Crippen LogP contribution in [0, 0.1) is 17.8 Å². The average molecular weight is 308 g/mol. The number of nitrogens with one attached hydrogen (secondary N) is 1. The summed E-state index contributed by atoms with van der Waals surface area (Å²) >= 11 is 0. The van der Waals surface area contributed by atoms with E-state index in [2.05, 4.69) is 22.5 Å². The largest absolute Gasteiger partial charge is 0.444 e. The first-order chi connectivity index (χ1) is 11.3. The summed E-state index contributed by atoms with van der Waals surface area (Å²) in [5, 5.41) is 2.96. The predicted molar refractivity (Wildman–Crippen MR) is 87.2 cm³/mol. The number of fused-ring (bicyclic) bond motifs is 2. The standard InChI is InChI=1S/C19H20N2O2/c22-18(10-16-9-13-6-7-15(16)8-13)20-11-17-12-23-19(21-17)14-4-2-1-3-5-14/h1-7,12-13,15-16H,8-11H2,(H,20,22)/t13-,15+,16+/m1/s1. The van der Waals surface area contributed by atoms with Crippen molar-refractivity contribution in [1.29, 1.82) is 0 Å². The third kappa shape index (κ3) is 3.07. The van der Waals surface area contributed by atoms with Crippen LogP contribution in [0.5, 0.6) is 0 Å². The van der Waals surface area contributed by atoms with Crippen molar-refractivity contribution in [3.05, 3.63) is 54.4 Å². The number of hydrogen-bond donors (Lipinski definition) is 1. The minimum Gasteiger partial charge on any atom is -0.444 e. The van der Waals surface area contributed by atoms with Crippen molar-refractivity contribution >= 4 is 5.91 Å². The van der Waals surface area contributed by atoms with Gasteiger partial charge in [-0.2, -0.15) is 0 Å². The summed E-state index contributed by atoms with van der Waals surface area (Å²) in [5.41, 5.74) is 1.70. The fourth-order valence-electron chi connectivity index (χ4n) is 3.73. The van der Waals surface area contributed by atoms with Crippen molar-refractivity contribution in [2.45, 2.75) is 25.8 Å². The van der Waals surface area contributed by atoms with Crippen molar-refractivity contribution in [3.63, 3.8) is 0 Å². The summed E-state index contributed by atoms with van der Waals surface area (Å²) in [6.07, 6.45) is 9.23. The van der Waals surface area contributed by atoms with Crippen LogP contribution in [0.15, 0.2) is 53.2 Å². The topological polar surface area (TPSA) is 55.1 Å². The molecule has 1 saturated carbocycles. The summed E-state index contributed by atoms with van der Waals surface area (Å²) < 4.78 is 5.49. The van der Waals surface area contributed by atoms with E-state index >= 15 is 0 Å². The smallest absolute Gasteiger partial charge is 0.226 e. The van der Waals surface area contributed by atoms with E-state index in [4.69, 9.17) is 4.42 Å². The molecule has 0 radical (unpaired) electrons. The highest BCUT2D eigenvalue weighted by atomic mass is 16.3. The molecule has 2 aromatic rings. The molecule has 23 heavy (non-hydrogen) atoms. The number of benzene rings is 1. The summed E-state index contributed by atoms with van der Waals surface area (Å²) in [4.78, 5) is 16.6. The molecule has 1 N–H and O–H groups in total. The van der Waals surface area contributed by atoms with Crippen molar-refractivity contribution in [2.24, 2.45) is 17.8 Å². The molecule has 4 nitrogen and oxygen atoms in total. The quantitative estimate of drug-likeness (QED) is 0.859. The molecule has 2 bridgehead atoms. The Morgan fingerprint density at radius 3 is 2.83 bits per heavy atom. The van der Waals surface area contributed by atoms with E-state index in [1.807, 2.05) is 30.3 Å². The first-order valence-electron chi connectivity index (χ1n) is 8.23. The van der Waals surface area contributed by atoms with Gasteiger partial charge in [0.2, 0.25) is 11.8 Å². The Morgan fingerprint density at radius 2 is 2.09 bits per heavy atom. The van der Waals surface area contributed by atoms with Gasteiger partial charge in [-0.05, 0) is 42.7 Å². The van der Waals surface area contributed by atoms with Crippen LogP contribution in [0.2, 0.25) is 0 Å². The molecule has 0 aliphatic heterocycles. The van der Waals surface area contributed by atoms with E-state index in [9.17, 15) is 4.79 Å². The normalized spacial score (nSPS) is 25.0. The van der Waals surface area contributed by atoms with Gasteiger partial charge in [-0.15, -0.1) is 0 Å². The summed E-state index contributed by atoms with van der Waals surface area (Å²) in [5.74, 6) is 2.54. The molecule has 4 rings (SSSR count). The van der Waals surface area contributed by atoms with E-state index in [-0.39, 0.29) is 5.91 Å². The Kier molecular flexibility index (Phi) is 3.74. The lowest BCUT2D eigenvalue weighted by Crippen LogP contribution is -2.26. The van der Waals surface area contributed by atoms with Crippen LogP contribution >= 0.6 is 0 Å². The molecule has 2 aliphatic rings. The molecule has 118 valence electrons. The molecule has 3 atom stereocenters. The van der Waals surface area contributed by atoms with Crippen LogP contribution < -0.4 is 5.32 Å². The number of allylic oxidation sites excluding steroid dienone is 2. The molecule has 0 unspecified atom stereocenters. The molecule has 1 heterocycles. The highest BCUT2D eigenvalue weighted by molar-refractivity contribution is 5.76. The number of amides is 1. The first kappa shape index (κ1) is 14.2. The second-order valence-electron chi connectivity index (χ2n) is 6.53. The Morgan fingerprint density at radius 1 is 1.22 bits per heavy atom. The zero-order valence-electron chi connectivity index (χ0n) is 12.9. The lowest BCUT2D eigenvalue weighted by molar-refractivity contribution is -0.122. The van der Waals surface area contributed by atoms with Crippen LogP contribution in [0.1, 0.15) is 25.0 Å². The first-order valence-corrected chi connectivity index (χ1v) is 8.23. The minimum absolute atomic E-state index is 0.111. The molecule has 1 amide bonds. The number of nitrogens with zero attached hydrogens (tertiary/aromatic N) is 1. The van der Waals surface area contributed by atoms with E-state index < -0.39 is 0 Å². The SMILES string of the molecule is O=C(C[C@@H]1C[C@@H]2C=C[C@H]1C2)NCc1coc(-c2ccccc2)n1. The van der Waals surface area contributed by atoms with E-state index in [0.29, 0.717) is 36.6 Å². The molecule has 2 aliphatic carbocycles. The Bertz CT molecular complexity index is 720. The fourth-order valence-corrected chi connectivity index (χ4v) is 3.73. The number of hydrogen-bond acceptors (Lipinski definition) is 3. The van der Waals surface area contributed by atoms with Crippen LogP contribution in [0.3, 0.4) is 0 Å². The van der Waals surface area contributed by atoms with Crippen molar-refractivity contribution in [1.82, 2.24) is 10.3 Å². The zero-order chi connectivity index (χ0) is 15.6. The van der Waals surface area contributed by atoms with Gasteiger partial charge in [-0.25, -0.2) is 4.98 Å². The highest BCUT2D eigenvalue weighted by Gasteiger charge is 2.36.